The van der Waals surface area contributed by atoms with Crippen LogP contribution in [0, 0.1) is 23.7 Å². The van der Waals surface area contributed by atoms with Crippen molar-refractivity contribution in [2.75, 3.05) is 6.54 Å². The molecule has 4 unspecified atom stereocenters. The number of rotatable bonds is 4. The number of carbonyl (C=O) groups excluding carboxylic acids is 1. The second kappa shape index (κ2) is 3.98. The smallest absolute Gasteiger partial charge is 0.240 e. The molecule has 0 aromatic carbocycles. The Bertz CT molecular complexity index is 322. The fourth-order valence-corrected chi connectivity index (χ4v) is 3.91. The number of nitrogens with two attached hydrogens (primary N) is 1. The van der Waals surface area contributed by atoms with Crippen molar-refractivity contribution in [3.8, 4) is 0 Å². The number of hydrogen-bond donors (Lipinski definition) is 2. The minimum atomic E-state index is -0.627. The van der Waals surface area contributed by atoms with Gasteiger partial charge in [0.15, 0.2) is 0 Å². The highest BCUT2D eigenvalue weighted by Crippen LogP contribution is 2.48. The quantitative estimate of drug-likeness (QED) is 0.780. The first-order valence-electron chi connectivity index (χ1n) is 7.14. The monoisotopic (exact) mass is 236 g/mol. The Labute approximate surface area is 104 Å². The molecular weight excluding hydrogens is 212 g/mol. The van der Waals surface area contributed by atoms with E-state index in [1.165, 1.54) is 25.7 Å². The highest BCUT2D eigenvalue weighted by molar-refractivity contribution is 5.86. The molecule has 0 aromatic rings. The summed E-state index contributed by atoms with van der Waals surface area (Å²) in [5.41, 5.74) is 5.49. The average Bonchev–Trinajstić information content (AvgIpc) is 2.98. The number of fused-ring (bicyclic) bond motifs is 2. The third-order valence-electron chi connectivity index (χ3n) is 5.32. The van der Waals surface area contributed by atoms with Crippen LogP contribution in [0.2, 0.25) is 0 Å². The standard InChI is InChI=1S/C14H24N2O/c1-14(15,12-4-5-12)13(17)16-8-11-7-9-2-3-10(11)6-9/h9-12H,2-8,15H2,1H3,(H,16,17). The van der Waals surface area contributed by atoms with E-state index >= 15 is 0 Å². The Kier molecular flexibility index (Phi) is 2.69. The van der Waals surface area contributed by atoms with Crippen molar-refractivity contribution >= 4 is 5.91 Å². The van der Waals surface area contributed by atoms with Gasteiger partial charge in [-0.1, -0.05) is 6.42 Å². The fourth-order valence-electron chi connectivity index (χ4n) is 3.91. The second-order valence-corrected chi connectivity index (χ2v) is 6.70. The summed E-state index contributed by atoms with van der Waals surface area (Å²) in [5, 5.41) is 3.11. The molecule has 0 radical (unpaired) electrons. The number of carbonyl (C=O) groups is 1. The lowest BCUT2D eigenvalue weighted by molar-refractivity contribution is -0.126. The Morgan fingerprint density at radius 2 is 2.06 bits per heavy atom. The Hall–Kier alpha value is -0.570. The van der Waals surface area contributed by atoms with Crippen LogP contribution in [-0.2, 0) is 4.79 Å². The first kappa shape index (κ1) is 11.5. The summed E-state index contributed by atoms with van der Waals surface area (Å²) in [7, 11) is 0. The van der Waals surface area contributed by atoms with Crippen molar-refractivity contribution in [2.24, 2.45) is 29.4 Å². The molecule has 3 fully saturated rings. The molecule has 3 N–H and O–H groups in total. The van der Waals surface area contributed by atoms with Gasteiger partial charge >= 0.3 is 0 Å². The van der Waals surface area contributed by atoms with E-state index < -0.39 is 5.54 Å². The highest BCUT2D eigenvalue weighted by atomic mass is 16.2. The van der Waals surface area contributed by atoms with Crippen molar-refractivity contribution in [1.82, 2.24) is 5.32 Å². The van der Waals surface area contributed by atoms with Gasteiger partial charge in [0.2, 0.25) is 5.91 Å². The van der Waals surface area contributed by atoms with Gasteiger partial charge in [-0.05, 0) is 62.7 Å². The third kappa shape index (κ3) is 2.10. The van der Waals surface area contributed by atoms with Gasteiger partial charge in [0, 0.05) is 6.54 Å². The van der Waals surface area contributed by atoms with E-state index in [4.69, 9.17) is 5.73 Å². The summed E-state index contributed by atoms with van der Waals surface area (Å²) < 4.78 is 0. The van der Waals surface area contributed by atoms with Crippen LogP contribution >= 0.6 is 0 Å². The Balaban J connectivity index is 1.49. The van der Waals surface area contributed by atoms with Gasteiger partial charge in [0.25, 0.3) is 0 Å². The Morgan fingerprint density at radius 3 is 2.59 bits per heavy atom. The van der Waals surface area contributed by atoms with E-state index in [2.05, 4.69) is 5.32 Å². The van der Waals surface area contributed by atoms with Crippen molar-refractivity contribution < 1.29 is 4.79 Å². The maximum Gasteiger partial charge on any atom is 0.240 e. The number of hydrogen-bond acceptors (Lipinski definition) is 2. The predicted molar refractivity (Wildman–Crippen MR) is 67.3 cm³/mol. The maximum atomic E-state index is 12.1. The molecule has 0 heterocycles. The van der Waals surface area contributed by atoms with Crippen LogP contribution in [0.4, 0.5) is 0 Å². The van der Waals surface area contributed by atoms with Crippen LogP contribution in [0.5, 0.6) is 0 Å². The molecule has 3 saturated carbocycles. The van der Waals surface area contributed by atoms with Crippen LogP contribution in [0.25, 0.3) is 0 Å². The van der Waals surface area contributed by atoms with E-state index in [0.29, 0.717) is 5.92 Å². The SMILES string of the molecule is CC(N)(C(=O)NCC1CC2CCC1C2)C1CC1. The summed E-state index contributed by atoms with van der Waals surface area (Å²) in [6, 6.07) is 0. The number of nitrogens with one attached hydrogen (secondary N) is 1. The minimum absolute atomic E-state index is 0.0720. The zero-order chi connectivity index (χ0) is 12.0. The normalized spacial score (nSPS) is 39.1. The molecule has 0 spiro atoms. The molecule has 3 rings (SSSR count). The van der Waals surface area contributed by atoms with Gasteiger partial charge in [-0.25, -0.2) is 0 Å². The zero-order valence-electron chi connectivity index (χ0n) is 10.7. The first-order chi connectivity index (χ1) is 8.07. The van der Waals surface area contributed by atoms with Crippen LogP contribution < -0.4 is 11.1 Å². The van der Waals surface area contributed by atoms with Crippen molar-refractivity contribution in [3.05, 3.63) is 0 Å². The van der Waals surface area contributed by atoms with Crippen molar-refractivity contribution in [1.29, 1.82) is 0 Å². The van der Waals surface area contributed by atoms with E-state index in [1.54, 1.807) is 0 Å². The van der Waals surface area contributed by atoms with Gasteiger partial charge in [0.05, 0.1) is 5.54 Å². The molecule has 17 heavy (non-hydrogen) atoms. The zero-order valence-corrected chi connectivity index (χ0v) is 10.7. The lowest BCUT2D eigenvalue weighted by Gasteiger charge is -2.26. The van der Waals surface area contributed by atoms with E-state index in [0.717, 1.165) is 37.1 Å². The van der Waals surface area contributed by atoms with Gasteiger partial charge in [0.1, 0.15) is 0 Å². The molecule has 0 aromatic heterocycles. The molecule has 0 aliphatic heterocycles. The van der Waals surface area contributed by atoms with Crippen LogP contribution in [0.1, 0.15) is 45.4 Å². The molecule has 3 aliphatic rings. The minimum Gasteiger partial charge on any atom is -0.354 e. The van der Waals surface area contributed by atoms with E-state index in [9.17, 15) is 4.79 Å². The fraction of sp³-hybridized carbons (Fsp3) is 0.929. The molecule has 3 nitrogen and oxygen atoms in total. The van der Waals surface area contributed by atoms with E-state index in [1.807, 2.05) is 6.92 Å². The summed E-state index contributed by atoms with van der Waals surface area (Å²) in [5.74, 6) is 3.05. The third-order valence-corrected chi connectivity index (χ3v) is 5.32. The molecule has 96 valence electrons. The summed E-state index contributed by atoms with van der Waals surface area (Å²) in [6.07, 6.45) is 7.78. The van der Waals surface area contributed by atoms with Crippen LogP contribution in [0.3, 0.4) is 0 Å². The van der Waals surface area contributed by atoms with Crippen LogP contribution in [-0.4, -0.2) is 18.0 Å². The average molecular weight is 236 g/mol. The van der Waals surface area contributed by atoms with Crippen LogP contribution in [0.15, 0.2) is 0 Å². The lowest BCUT2D eigenvalue weighted by atomic mass is 9.88. The summed E-state index contributed by atoms with van der Waals surface area (Å²) >= 11 is 0. The molecule has 3 heteroatoms. The van der Waals surface area contributed by atoms with Crippen molar-refractivity contribution in [3.63, 3.8) is 0 Å². The molecule has 1 amide bonds. The maximum absolute atomic E-state index is 12.1. The summed E-state index contributed by atoms with van der Waals surface area (Å²) in [6.45, 7) is 2.75. The predicted octanol–water partition coefficient (Wildman–Crippen LogP) is 1.67. The summed E-state index contributed by atoms with van der Waals surface area (Å²) in [4.78, 5) is 12.1. The van der Waals surface area contributed by atoms with Gasteiger partial charge in [-0.2, -0.15) is 0 Å². The molecule has 4 atom stereocenters. The highest BCUT2D eigenvalue weighted by Gasteiger charge is 2.45. The molecule has 3 aliphatic carbocycles. The second-order valence-electron chi connectivity index (χ2n) is 6.70. The topological polar surface area (TPSA) is 55.1 Å². The lowest BCUT2D eigenvalue weighted by Crippen LogP contribution is -2.54. The van der Waals surface area contributed by atoms with Crippen molar-refractivity contribution in [2.45, 2.75) is 51.0 Å². The van der Waals surface area contributed by atoms with E-state index in [-0.39, 0.29) is 5.91 Å². The molecule has 0 saturated heterocycles. The van der Waals surface area contributed by atoms with Gasteiger partial charge in [-0.3, -0.25) is 4.79 Å². The first-order valence-corrected chi connectivity index (χ1v) is 7.14. The van der Waals surface area contributed by atoms with Gasteiger partial charge in [-0.15, -0.1) is 0 Å². The molecular formula is C14H24N2O. The largest absolute Gasteiger partial charge is 0.354 e. The van der Waals surface area contributed by atoms with Gasteiger partial charge < -0.3 is 11.1 Å². The molecule has 2 bridgehead atoms. The number of amides is 1. The Morgan fingerprint density at radius 1 is 1.29 bits per heavy atom.